The standard InChI is InChI=1S/C11H20N4/c12-8-7-10-13-11(15-14-10)9-5-3-1-2-4-6-9/h9H,1-8,12H2,(H,13,14,15). The molecule has 0 bridgehead atoms. The van der Waals surface area contributed by atoms with Gasteiger partial charge in [-0.3, -0.25) is 5.10 Å². The van der Waals surface area contributed by atoms with E-state index in [0.29, 0.717) is 12.5 Å². The molecule has 3 N–H and O–H groups in total. The third-order valence-corrected chi connectivity index (χ3v) is 3.15. The maximum absolute atomic E-state index is 5.49. The third kappa shape index (κ3) is 2.78. The molecule has 1 aliphatic carbocycles. The highest BCUT2D eigenvalue weighted by molar-refractivity contribution is 4.98. The van der Waals surface area contributed by atoms with Crippen molar-refractivity contribution in [3.05, 3.63) is 11.6 Å². The lowest BCUT2D eigenvalue weighted by atomic mass is 10.00. The summed E-state index contributed by atoms with van der Waals surface area (Å²) in [5.41, 5.74) is 5.49. The predicted octanol–water partition coefficient (Wildman–Crippen LogP) is 1.74. The highest BCUT2D eigenvalue weighted by atomic mass is 15.2. The minimum absolute atomic E-state index is 0.579. The molecule has 0 aliphatic heterocycles. The number of aromatic amines is 1. The predicted molar refractivity (Wildman–Crippen MR) is 59.6 cm³/mol. The van der Waals surface area contributed by atoms with Gasteiger partial charge < -0.3 is 5.73 Å². The molecular formula is C11H20N4. The zero-order chi connectivity index (χ0) is 10.5. The van der Waals surface area contributed by atoms with Gasteiger partial charge in [0.05, 0.1) is 0 Å². The lowest BCUT2D eigenvalue weighted by Crippen LogP contribution is -2.04. The molecule has 1 saturated carbocycles. The molecule has 1 heterocycles. The van der Waals surface area contributed by atoms with Crippen molar-refractivity contribution in [3.63, 3.8) is 0 Å². The highest BCUT2D eigenvalue weighted by Gasteiger charge is 2.18. The molecule has 4 nitrogen and oxygen atoms in total. The van der Waals surface area contributed by atoms with E-state index < -0.39 is 0 Å². The van der Waals surface area contributed by atoms with Crippen molar-refractivity contribution < 1.29 is 0 Å². The second kappa shape index (κ2) is 5.26. The number of nitrogens with one attached hydrogen (secondary N) is 1. The summed E-state index contributed by atoms with van der Waals surface area (Å²) in [4.78, 5) is 4.52. The van der Waals surface area contributed by atoms with Crippen LogP contribution < -0.4 is 5.73 Å². The van der Waals surface area contributed by atoms with Crippen molar-refractivity contribution in [2.45, 2.75) is 50.9 Å². The minimum atomic E-state index is 0.579. The number of rotatable bonds is 3. The Morgan fingerprint density at radius 2 is 1.93 bits per heavy atom. The van der Waals surface area contributed by atoms with E-state index in [-0.39, 0.29) is 0 Å². The number of hydrogen-bond donors (Lipinski definition) is 2. The molecule has 1 aromatic rings. The molecule has 1 aliphatic rings. The van der Waals surface area contributed by atoms with Crippen LogP contribution in [0.3, 0.4) is 0 Å². The molecule has 0 atom stereocenters. The zero-order valence-electron chi connectivity index (χ0n) is 9.21. The molecule has 15 heavy (non-hydrogen) atoms. The van der Waals surface area contributed by atoms with E-state index in [4.69, 9.17) is 5.73 Å². The number of nitrogens with zero attached hydrogens (tertiary/aromatic N) is 2. The molecular weight excluding hydrogens is 188 g/mol. The van der Waals surface area contributed by atoms with Crippen LogP contribution in [0.4, 0.5) is 0 Å². The zero-order valence-corrected chi connectivity index (χ0v) is 9.21. The molecule has 1 fully saturated rings. The molecule has 84 valence electrons. The molecule has 1 aromatic heterocycles. The Hall–Kier alpha value is -0.900. The van der Waals surface area contributed by atoms with E-state index in [9.17, 15) is 0 Å². The van der Waals surface area contributed by atoms with Crippen LogP contribution in [0.2, 0.25) is 0 Å². The first-order chi connectivity index (χ1) is 7.40. The van der Waals surface area contributed by atoms with Crippen LogP contribution in [0.15, 0.2) is 0 Å². The lowest BCUT2D eigenvalue weighted by molar-refractivity contribution is 0.562. The Bertz CT molecular complexity index is 287. The summed E-state index contributed by atoms with van der Waals surface area (Å²) in [7, 11) is 0. The fraction of sp³-hybridized carbons (Fsp3) is 0.818. The van der Waals surface area contributed by atoms with Crippen LogP contribution in [-0.4, -0.2) is 21.7 Å². The van der Waals surface area contributed by atoms with E-state index in [0.717, 1.165) is 18.1 Å². The SMILES string of the molecule is NCCc1nc(C2CCCCCC2)n[nH]1. The average molecular weight is 208 g/mol. The second-order valence-corrected chi connectivity index (χ2v) is 4.37. The smallest absolute Gasteiger partial charge is 0.153 e. The first-order valence-electron chi connectivity index (χ1n) is 6.01. The average Bonchev–Trinajstić information content (AvgIpc) is 2.53. The van der Waals surface area contributed by atoms with E-state index in [1.807, 2.05) is 0 Å². The summed E-state index contributed by atoms with van der Waals surface area (Å²) in [6, 6.07) is 0. The fourth-order valence-corrected chi connectivity index (χ4v) is 2.28. The first kappa shape index (κ1) is 10.6. The van der Waals surface area contributed by atoms with Crippen LogP contribution in [0.5, 0.6) is 0 Å². The van der Waals surface area contributed by atoms with E-state index in [2.05, 4.69) is 15.2 Å². The molecule has 0 amide bonds. The third-order valence-electron chi connectivity index (χ3n) is 3.15. The van der Waals surface area contributed by atoms with Gasteiger partial charge in [-0.05, 0) is 19.4 Å². The monoisotopic (exact) mass is 208 g/mol. The van der Waals surface area contributed by atoms with Crippen molar-refractivity contribution in [2.75, 3.05) is 6.54 Å². The van der Waals surface area contributed by atoms with Gasteiger partial charge in [-0.15, -0.1) is 0 Å². The van der Waals surface area contributed by atoms with Gasteiger partial charge in [0, 0.05) is 12.3 Å². The summed E-state index contributed by atoms with van der Waals surface area (Å²) < 4.78 is 0. The number of hydrogen-bond acceptors (Lipinski definition) is 3. The Morgan fingerprint density at radius 3 is 2.60 bits per heavy atom. The minimum Gasteiger partial charge on any atom is -0.330 e. The molecule has 0 spiro atoms. The van der Waals surface area contributed by atoms with Gasteiger partial charge in [-0.1, -0.05) is 25.7 Å². The molecule has 0 radical (unpaired) electrons. The number of aromatic nitrogens is 3. The highest BCUT2D eigenvalue weighted by Crippen LogP contribution is 2.29. The van der Waals surface area contributed by atoms with E-state index in [1.54, 1.807) is 0 Å². The van der Waals surface area contributed by atoms with Crippen molar-refractivity contribution in [2.24, 2.45) is 5.73 Å². The van der Waals surface area contributed by atoms with Crippen molar-refractivity contribution >= 4 is 0 Å². The lowest BCUT2D eigenvalue weighted by Gasteiger charge is -2.08. The van der Waals surface area contributed by atoms with Crippen LogP contribution in [0.1, 0.15) is 56.1 Å². The largest absolute Gasteiger partial charge is 0.330 e. The summed E-state index contributed by atoms with van der Waals surface area (Å²) in [6.45, 7) is 0.638. The summed E-state index contributed by atoms with van der Waals surface area (Å²) in [5.74, 6) is 2.53. The first-order valence-corrected chi connectivity index (χ1v) is 6.01. The molecule has 0 unspecified atom stereocenters. The van der Waals surface area contributed by atoms with Gasteiger partial charge in [0.25, 0.3) is 0 Å². The van der Waals surface area contributed by atoms with Crippen molar-refractivity contribution in [1.29, 1.82) is 0 Å². The second-order valence-electron chi connectivity index (χ2n) is 4.37. The number of nitrogens with two attached hydrogens (primary N) is 1. The van der Waals surface area contributed by atoms with Crippen molar-refractivity contribution in [3.8, 4) is 0 Å². The molecule has 0 aromatic carbocycles. The van der Waals surface area contributed by atoms with Gasteiger partial charge >= 0.3 is 0 Å². The maximum atomic E-state index is 5.49. The summed E-state index contributed by atoms with van der Waals surface area (Å²) in [5, 5.41) is 7.29. The van der Waals surface area contributed by atoms with Crippen molar-refractivity contribution in [1.82, 2.24) is 15.2 Å². The maximum Gasteiger partial charge on any atom is 0.153 e. The quantitative estimate of drug-likeness (QED) is 0.743. The van der Waals surface area contributed by atoms with E-state index in [1.165, 1.54) is 38.5 Å². The normalized spacial score (nSPS) is 19.0. The van der Waals surface area contributed by atoms with Crippen LogP contribution in [0.25, 0.3) is 0 Å². The fourth-order valence-electron chi connectivity index (χ4n) is 2.28. The van der Waals surface area contributed by atoms with Gasteiger partial charge in [-0.25, -0.2) is 4.98 Å². The summed E-state index contributed by atoms with van der Waals surface area (Å²) >= 11 is 0. The molecule has 4 heteroatoms. The van der Waals surface area contributed by atoms with Crippen LogP contribution >= 0.6 is 0 Å². The number of H-pyrrole nitrogens is 1. The Morgan fingerprint density at radius 1 is 1.20 bits per heavy atom. The van der Waals surface area contributed by atoms with Gasteiger partial charge in [0.15, 0.2) is 5.82 Å². The van der Waals surface area contributed by atoms with Crippen LogP contribution in [-0.2, 0) is 6.42 Å². The summed E-state index contributed by atoms with van der Waals surface area (Å²) in [6.07, 6.45) is 8.70. The Kier molecular flexibility index (Phi) is 3.72. The van der Waals surface area contributed by atoms with Gasteiger partial charge in [0.2, 0.25) is 0 Å². The molecule has 0 saturated heterocycles. The Labute approximate surface area is 90.7 Å². The van der Waals surface area contributed by atoms with E-state index >= 15 is 0 Å². The van der Waals surface area contributed by atoms with Gasteiger partial charge in [-0.2, -0.15) is 5.10 Å². The van der Waals surface area contributed by atoms with Gasteiger partial charge in [0.1, 0.15) is 5.82 Å². The Balaban J connectivity index is 2.00. The topological polar surface area (TPSA) is 67.6 Å². The van der Waals surface area contributed by atoms with Crippen LogP contribution in [0, 0.1) is 0 Å². The molecule has 2 rings (SSSR count).